The predicted molar refractivity (Wildman–Crippen MR) is 108 cm³/mol. The minimum atomic E-state index is -0.0539. The Morgan fingerprint density at radius 1 is 1.15 bits per heavy atom. The Morgan fingerprint density at radius 2 is 1.93 bits per heavy atom. The maximum atomic E-state index is 12.6. The molecule has 0 saturated heterocycles. The van der Waals surface area contributed by atoms with E-state index < -0.39 is 0 Å². The topological polar surface area (TPSA) is 64.0 Å². The van der Waals surface area contributed by atoms with E-state index in [9.17, 15) is 9.59 Å². The van der Waals surface area contributed by atoms with Crippen LogP contribution in [0.1, 0.15) is 36.8 Å². The number of nitrogens with one attached hydrogen (secondary N) is 1. The van der Waals surface area contributed by atoms with E-state index in [4.69, 9.17) is 0 Å². The zero-order valence-corrected chi connectivity index (χ0v) is 15.8. The fraction of sp³-hybridized carbons (Fsp3) is 0.318. The highest BCUT2D eigenvalue weighted by atomic mass is 16.1. The van der Waals surface area contributed by atoms with Crippen LogP contribution in [0.3, 0.4) is 0 Å². The van der Waals surface area contributed by atoms with Gasteiger partial charge in [-0.15, -0.1) is 0 Å². The third kappa shape index (κ3) is 4.61. The maximum absolute atomic E-state index is 12.6. The smallest absolute Gasteiger partial charge is 0.261 e. The maximum Gasteiger partial charge on any atom is 0.261 e. The van der Waals surface area contributed by atoms with Crippen molar-refractivity contribution in [2.45, 2.75) is 39.2 Å². The van der Waals surface area contributed by atoms with Gasteiger partial charge in [-0.1, -0.05) is 49.4 Å². The second kappa shape index (κ2) is 8.62. The number of benzene rings is 2. The molecule has 5 nitrogen and oxygen atoms in total. The number of carbonyl (C=O) groups is 1. The molecule has 140 valence electrons. The third-order valence-corrected chi connectivity index (χ3v) is 4.83. The first kappa shape index (κ1) is 18.8. The van der Waals surface area contributed by atoms with Crippen molar-refractivity contribution >= 4 is 16.8 Å². The van der Waals surface area contributed by atoms with Crippen LogP contribution >= 0.6 is 0 Å². The van der Waals surface area contributed by atoms with Crippen molar-refractivity contribution in [3.63, 3.8) is 0 Å². The molecule has 1 heterocycles. The van der Waals surface area contributed by atoms with Crippen molar-refractivity contribution in [3.05, 3.63) is 76.3 Å². The summed E-state index contributed by atoms with van der Waals surface area (Å²) in [7, 11) is 0. The molecule has 27 heavy (non-hydrogen) atoms. The molecule has 2 aromatic carbocycles. The SMILES string of the molecule is Cc1cccc2c(=O)n(CCCC(=O)NC[C@@H](C)c3ccccc3)cnc12. The van der Waals surface area contributed by atoms with Gasteiger partial charge < -0.3 is 5.32 Å². The normalized spacial score (nSPS) is 12.1. The number of para-hydroxylation sites is 1. The lowest BCUT2D eigenvalue weighted by molar-refractivity contribution is -0.121. The Labute approximate surface area is 159 Å². The lowest BCUT2D eigenvalue weighted by Gasteiger charge is -2.13. The van der Waals surface area contributed by atoms with Gasteiger partial charge in [0.2, 0.25) is 5.91 Å². The fourth-order valence-electron chi connectivity index (χ4n) is 3.16. The summed E-state index contributed by atoms with van der Waals surface area (Å²) < 4.78 is 1.58. The molecule has 1 amide bonds. The van der Waals surface area contributed by atoms with Gasteiger partial charge in [-0.3, -0.25) is 14.2 Å². The Bertz CT molecular complexity index is 980. The van der Waals surface area contributed by atoms with Gasteiger partial charge in [-0.25, -0.2) is 4.98 Å². The molecular weight excluding hydrogens is 338 g/mol. The Hall–Kier alpha value is -2.95. The number of rotatable bonds is 7. The van der Waals surface area contributed by atoms with Gasteiger partial charge in [-0.2, -0.15) is 0 Å². The van der Waals surface area contributed by atoms with Gasteiger partial charge >= 0.3 is 0 Å². The lowest BCUT2D eigenvalue weighted by Crippen LogP contribution is -2.28. The summed E-state index contributed by atoms with van der Waals surface area (Å²) in [6, 6.07) is 15.7. The molecule has 0 radical (unpaired) electrons. The highest BCUT2D eigenvalue weighted by Crippen LogP contribution is 2.13. The van der Waals surface area contributed by atoms with Crippen LogP contribution in [0.5, 0.6) is 0 Å². The summed E-state index contributed by atoms with van der Waals surface area (Å²) in [5.74, 6) is 0.279. The molecule has 5 heteroatoms. The van der Waals surface area contributed by atoms with Crippen molar-refractivity contribution in [1.29, 1.82) is 0 Å². The van der Waals surface area contributed by atoms with Gasteiger partial charge in [0.15, 0.2) is 0 Å². The monoisotopic (exact) mass is 363 g/mol. The van der Waals surface area contributed by atoms with E-state index in [1.165, 1.54) is 5.56 Å². The second-order valence-electron chi connectivity index (χ2n) is 6.93. The van der Waals surface area contributed by atoms with E-state index in [1.54, 1.807) is 17.0 Å². The number of hydrogen-bond donors (Lipinski definition) is 1. The van der Waals surface area contributed by atoms with E-state index in [-0.39, 0.29) is 17.4 Å². The first-order chi connectivity index (χ1) is 13.1. The molecule has 0 aliphatic carbocycles. The first-order valence-electron chi connectivity index (χ1n) is 9.32. The van der Waals surface area contributed by atoms with Crippen LogP contribution < -0.4 is 10.9 Å². The molecule has 0 aliphatic heterocycles. The third-order valence-electron chi connectivity index (χ3n) is 4.83. The highest BCUT2D eigenvalue weighted by Gasteiger charge is 2.09. The number of amides is 1. The van der Waals surface area contributed by atoms with Gasteiger partial charge in [0.05, 0.1) is 17.2 Å². The minimum Gasteiger partial charge on any atom is -0.356 e. The molecule has 1 aromatic heterocycles. The van der Waals surface area contributed by atoms with Gasteiger partial charge in [-0.05, 0) is 36.5 Å². The number of carbonyl (C=O) groups excluding carboxylic acids is 1. The van der Waals surface area contributed by atoms with E-state index in [0.29, 0.717) is 31.3 Å². The summed E-state index contributed by atoms with van der Waals surface area (Å²) in [5, 5.41) is 3.60. The van der Waals surface area contributed by atoms with E-state index in [1.807, 2.05) is 37.3 Å². The molecule has 3 rings (SSSR count). The van der Waals surface area contributed by atoms with Crippen LogP contribution in [0.25, 0.3) is 10.9 Å². The molecule has 0 spiro atoms. The molecule has 0 fully saturated rings. The number of aromatic nitrogens is 2. The number of fused-ring (bicyclic) bond motifs is 1. The molecular formula is C22H25N3O2. The zero-order valence-electron chi connectivity index (χ0n) is 15.8. The van der Waals surface area contributed by atoms with Crippen LogP contribution in [-0.4, -0.2) is 22.0 Å². The largest absolute Gasteiger partial charge is 0.356 e. The lowest BCUT2D eigenvalue weighted by atomic mass is 10.0. The fourth-order valence-corrected chi connectivity index (χ4v) is 3.16. The van der Waals surface area contributed by atoms with Crippen LogP contribution in [0.2, 0.25) is 0 Å². The van der Waals surface area contributed by atoms with Crippen LogP contribution in [0.15, 0.2) is 59.7 Å². The van der Waals surface area contributed by atoms with Crippen molar-refractivity contribution in [3.8, 4) is 0 Å². The standard InChI is InChI=1S/C22H25N3O2/c1-16-8-6-11-19-21(16)24-15-25(22(19)27)13-7-12-20(26)23-14-17(2)18-9-4-3-5-10-18/h3-6,8-11,15,17H,7,12-14H2,1-2H3,(H,23,26)/t17-/m1/s1. The first-order valence-corrected chi connectivity index (χ1v) is 9.32. The molecule has 1 atom stereocenters. The van der Waals surface area contributed by atoms with Crippen LogP contribution in [-0.2, 0) is 11.3 Å². The summed E-state index contributed by atoms with van der Waals surface area (Å²) in [6.45, 7) is 5.13. The minimum absolute atomic E-state index is 0.00965. The van der Waals surface area contributed by atoms with Gasteiger partial charge in [0, 0.05) is 19.5 Å². The molecule has 0 saturated carbocycles. The van der Waals surface area contributed by atoms with Gasteiger partial charge in [0.25, 0.3) is 5.56 Å². The summed E-state index contributed by atoms with van der Waals surface area (Å²) in [5.41, 5.74) is 2.89. The Morgan fingerprint density at radius 3 is 2.70 bits per heavy atom. The number of aryl methyl sites for hydroxylation is 2. The number of nitrogens with zero attached hydrogens (tertiary/aromatic N) is 2. The van der Waals surface area contributed by atoms with Crippen molar-refractivity contribution in [2.75, 3.05) is 6.54 Å². The van der Waals surface area contributed by atoms with E-state index >= 15 is 0 Å². The van der Waals surface area contributed by atoms with E-state index in [2.05, 4.69) is 29.4 Å². The highest BCUT2D eigenvalue weighted by molar-refractivity contribution is 5.80. The average Bonchev–Trinajstić information content (AvgIpc) is 2.69. The van der Waals surface area contributed by atoms with Crippen molar-refractivity contribution in [2.24, 2.45) is 0 Å². The Balaban J connectivity index is 1.51. The summed E-state index contributed by atoms with van der Waals surface area (Å²) in [4.78, 5) is 29.0. The summed E-state index contributed by atoms with van der Waals surface area (Å²) >= 11 is 0. The molecule has 3 aromatic rings. The molecule has 0 aliphatic rings. The second-order valence-corrected chi connectivity index (χ2v) is 6.93. The summed E-state index contributed by atoms with van der Waals surface area (Å²) in [6.07, 6.45) is 2.57. The predicted octanol–water partition coefficient (Wildman–Crippen LogP) is 3.41. The van der Waals surface area contributed by atoms with Gasteiger partial charge in [0.1, 0.15) is 0 Å². The molecule has 1 N–H and O–H groups in total. The van der Waals surface area contributed by atoms with Crippen LogP contribution in [0, 0.1) is 6.92 Å². The molecule has 0 unspecified atom stereocenters. The van der Waals surface area contributed by atoms with Crippen molar-refractivity contribution < 1.29 is 4.79 Å². The quantitative estimate of drug-likeness (QED) is 0.700. The van der Waals surface area contributed by atoms with Crippen LogP contribution in [0.4, 0.5) is 0 Å². The van der Waals surface area contributed by atoms with Crippen molar-refractivity contribution in [1.82, 2.24) is 14.9 Å². The van der Waals surface area contributed by atoms with E-state index in [0.717, 1.165) is 11.1 Å². The molecule has 0 bridgehead atoms. The Kier molecular flexibility index (Phi) is 6.01. The number of hydrogen-bond acceptors (Lipinski definition) is 3. The zero-order chi connectivity index (χ0) is 19.2. The average molecular weight is 363 g/mol.